The molecule has 2 aromatic rings. The maximum Gasteiger partial charge on any atom is 0.259 e. The van der Waals surface area contributed by atoms with Crippen molar-refractivity contribution < 1.29 is 18.4 Å². The van der Waals surface area contributed by atoms with Crippen LogP contribution in [0.4, 0.5) is 8.78 Å². The van der Waals surface area contributed by atoms with Gasteiger partial charge in [-0.25, -0.2) is 8.78 Å². The highest BCUT2D eigenvalue weighted by Gasteiger charge is 2.31. The van der Waals surface area contributed by atoms with Gasteiger partial charge in [0.15, 0.2) is 0 Å². The molecule has 0 unspecified atom stereocenters. The fourth-order valence-corrected chi connectivity index (χ4v) is 4.81. The van der Waals surface area contributed by atoms with Crippen LogP contribution in [-0.4, -0.2) is 40.8 Å². The largest absolute Gasteiger partial charge is 0.349 e. The Bertz CT molecular complexity index is 976. The standard InChI is InChI=1S/C25H29F2N3O2/c1-16-10-11-19(24(31)29-18-6-3-2-4-7-18)23(28-16)17-12-14-30(15-13-17)25(32)22-20(26)8-5-9-21(22)27/h5,8-11,17-18H,2-4,6-7,12-15H2,1H3,(H,29,31). The van der Waals surface area contributed by atoms with Crippen molar-refractivity contribution >= 4 is 11.8 Å². The number of nitrogens with one attached hydrogen (secondary N) is 1. The first kappa shape index (κ1) is 22.4. The average Bonchev–Trinajstić information content (AvgIpc) is 2.79. The van der Waals surface area contributed by atoms with Crippen LogP contribution in [0.3, 0.4) is 0 Å². The van der Waals surface area contributed by atoms with Gasteiger partial charge < -0.3 is 10.2 Å². The zero-order valence-corrected chi connectivity index (χ0v) is 18.4. The molecule has 1 N–H and O–H groups in total. The SMILES string of the molecule is Cc1ccc(C(=O)NC2CCCCC2)c(C2CCN(C(=O)c3c(F)cccc3F)CC2)n1. The Kier molecular flexibility index (Phi) is 6.82. The average molecular weight is 442 g/mol. The van der Waals surface area contributed by atoms with E-state index in [2.05, 4.69) is 10.3 Å². The van der Waals surface area contributed by atoms with E-state index < -0.39 is 23.1 Å². The number of rotatable bonds is 4. The zero-order chi connectivity index (χ0) is 22.7. The van der Waals surface area contributed by atoms with Gasteiger partial charge in [-0.05, 0) is 56.9 Å². The number of carbonyl (C=O) groups is 2. The van der Waals surface area contributed by atoms with Gasteiger partial charge in [-0.2, -0.15) is 0 Å². The van der Waals surface area contributed by atoms with Gasteiger partial charge in [-0.15, -0.1) is 0 Å². The third-order valence-corrected chi connectivity index (χ3v) is 6.59. The lowest BCUT2D eigenvalue weighted by Gasteiger charge is -2.33. The van der Waals surface area contributed by atoms with Gasteiger partial charge in [-0.3, -0.25) is 14.6 Å². The Morgan fingerprint density at radius 1 is 0.969 bits per heavy atom. The predicted molar refractivity (Wildman–Crippen MR) is 118 cm³/mol. The van der Waals surface area contributed by atoms with Gasteiger partial charge in [0, 0.05) is 30.7 Å². The zero-order valence-electron chi connectivity index (χ0n) is 18.4. The van der Waals surface area contributed by atoms with Crippen molar-refractivity contribution in [3.8, 4) is 0 Å². The molecule has 5 nitrogen and oxygen atoms in total. The third-order valence-electron chi connectivity index (χ3n) is 6.59. The predicted octanol–water partition coefficient (Wildman–Crippen LogP) is 4.75. The van der Waals surface area contributed by atoms with Crippen LogP contribution in [0.25, 0.3) is 0 Å². The number of carbonyl (C=O) groups excluding carboxylic acids is 2. The molecule has 1 saturated carbocycles. The van der Waals surface area contributed by atoms with E-state index >= 15 is 0 Å². The smallest absolute Gasteiger partial charge is 0.259 e. The molecule has 32 heavy (non-hydrogen) atoms. The summed E-state index contributed by atoms with van der Waals surface area (Å²) in [6.45, 7) is 2.61. The molecule has 1 saturated heterocycles. The number of likely N-dealkylation sites (tertiary alicyclic amines) is 1. The molecule has 7 heteroatoms. The molecule has 0 atom stereocenters. The first-order valence-electron chi connectivity index (χ1n) is 11.5. The fraction of sp³-hybridized carbons (Fsp3) is 0.480. The van der Waals surface area contributed by atoms with Crippen molar-refractivity contribution in [3.05, 3.63) is 64.5 Å². The molecule has 1 aromatic heterocycles. The second-order valence-corrected chi connectivity index (χ2v) is 8.86. The number of benzene rings is 1. The van der Waals surface area contributed by atoms with Crippen molar-refractivity contribution in [2.75, 3.05) is 13.1 Å². The summed E-state index contributed by atoms with van der Waals surface area (Å²) < 4.78 is 28.1. The van der Waals surface area contributed by atoms with Crippen LogP contribution in [0.5, 0.6) is 0 Å². The maximum absolute atomic E-state index is 14.0. The Labute approximate surface area is 187 Å². The Morgan fingerprint density at radius 3 is 2.28 bits per heavy atom. The summed E-state index contributed by atoms with van der Waals surface area (Å²) in [6.07, 6.45) is 6.68. The van der Waals surface area contributed by atoms with Crippen LogP contribution < -0.4 is 5.32 Å². The molecule has 2 aliphatic rings. The highest BCUT2D eigenvalue weighted by atomic mass is 19.1. The summed E-state index contributed by atoms with van der Waals surface area (Å²) in [5, 5.41) is 3.17. The van der Waals surface area contributed by atoms with Crippen molar-refractivity contribution in [1.29, 1.82) is 0 Å². The van der Waals surface area contributed by atoms with Crippen molar-refractivity contribution in [3.63, 3.8) is 0 Å². The summed E-state index contributed by atoms with van der Waals surface area (Å²) in [7, 11) is 0. The molecule has 0 spiro atoms. The molecule has 1 aromatic carbocycles. The van der Waals surface area contributed by atoms with Gasteiger partial charge in [0.05, 0.1) is 11.3 Å². The summed E-state index contributed by atoms with van der Waals surface area (Å²) >= 11 is 0. The maximum atomic E-state index is 14.0. The summed E-state index contributed by atoms with van der Waals surface area (Å²) in [5.41, 5.74) is 1.67. The highest BCUT2D eigenvalue weighted by molar-refractivity contribution is 5.96. The number of aryl methyl sites for hydroxylation is 1. The fourth-order valence-electron chi connectivity index (χ4n) is 4.81. The number of nitrogens with zero attached hydrogens (tertiary/aromatic N) is 2. The topological polar surface area (TPSA) is 62.3 Å². The van der Waals surface area contributed by atoms with Gasteiger partial charge in [0.2, 0.25) is 0 Å². The van der Waals surface area contributed by atoms with Gasteiger partial charge in [0.25, 0.3) is 11.8 Å². The molecule has 0 radical (unpaired) electrons. The van der Waals surface area contributed by atoms with E-state index in [0.717, 1.165) is 49.2 Å². The minimum absolute atomic E-state index is 0.0107. The molecule has 170 valence electrons. The third kappa shape index (κ3) is 4.81. The van der Waals surface area contributed by atoms with E-state index in [1.165, 1.54) is 17.4 Å². The molecule has 1 aliphatic carbocycles. The second kappa shape index (κ2) is 9.76. The van der Waals surface area contributed by atoms with Gasteiger partial charge >= 0.3 is 0 Å². The van der Waals surface area contributed by atoms with Crippen molar-refractivity contribution in [2.24, 2.45) is 0 Å². The Hall–Kier alpha value is -2.83. The van der Waals surface area contributed by atoms with Gasteiger partial charge in [-0.1, -0.05) is 25.3 Å². The minimum Gasteiger partial charge on any atom is -0.349 e. The summed E-state index contributed by atoms with van der Waals surface area (Å²) in [4.78, 5) is 31.9. The number of hydrogen-bond donors (Lipinski definition) is 1. The number of piperidine rings is 1. The van der Waals surface area contributed by atoms with Crippen LogP contribution in [0.15, 0.2) is 30.3 Å². The number of pyridine rings is 1. The first-order chi connectivity index (χ1) is 15.4. The lowest BCUT2D eigenvalue weighted by Crippen LogP contribution is -2.40. The normalized spacial score (nSPS) is 17.9. The van der Waals surface area contributed by atoms with Crippen LogP contribution in [0.1, 0.15) is 83.0 Å². The van der Waals surface area contributed by atoms with E-state index in [1.807, 2.05) is 19.1 Å². The van der Waals surface area contributed by atoms with Gasteiger partial charge in [0.1, 0.15) is 17.2 Å². The molecule has 2 amide bonds. The Balaban J connectivity index is 1.47. The molecule has 0 bridgehead atoms. The van der Waals surface area contributed by atoms with E-state index in [0.29, 0.717) is 31.5 Å². The molecule has 2 fully saturated rings. The van der Waals surface area contributed by atoms with Crippen LogP contribution in [0.2, 0.25) is 0 Å². The molecular formula is C25H29F2N3O2. The van der Waals surface area contributed by atoms with Crippen molar-refractivity contribution in [1.82, 2.24) is 15.2 Å². The highest BCUT2D eigenvalue weighted by Crippen LogP contribution is 2.31. The number of amides is 2. The summed E-state index contributed by atoms with van der Waals surface area (Å²) in [5.74, 6) is -2.41. The summed E-state index contributed by atoms with van der Waals surface area (Å²) in [6, 6.07) is 7.33. The Morgan fingerprint density at radius 2 is 1.62 bits per heavy atom. The molecule has 1 aliphatic heterocycles. The minimum atomic E-state index is -0.848. The molecular weight excluding hydrogens is 412 g/mol. The second-order valence-electron chi connectivity index (χ2n) is 8.86. The molecule has 2 heterocycles. The number of aromatic nitrogens is 1. The van der Waals surface area contributed by atoms with Crippen LogP contribution in [-0.2, 0) is 0 Å². The number of halogens is 2. The first-order valence-corrected chi connectivity index (χ1v) is 11.5. The van der Waals surface area contributed by atoms with E-state index in [4.69, 9.17) is 0 Å². The van der Waals surface area contributed by atoms with Crippen molar-refractivity contribution in [2.45, 2.75) is 63.8 Å². The van der Waals surface area contributed by atoms with Crippen LogP contribution in [0, 0.1) is 18.6 Å². The quantitative estimate of drug-likeness (QED) is 0.745. The van der Waals surface area contributed by atoms with E-state index in [9.17, 15) is 18.4 Å². The number of hydrogen-bond acceptors (Lipinski definition) is 3. The lowest BCUT2D eigenvalue weighted by molar-refractivity contribution is 0.0700. The van der Waals surface area contributed by atoms with E-state index in [-0.39, 0.29) is 17.9 Å². The molecule has 4 rings (SSSR count). The lowest BCUT2D eigenvalue weighted by atomic mass is 9.89. The van der Waals surface area contributed by atoms with E-state index in [1.54, 1.807) is 0 Å². The van der Waals surface area contributed by atoms with Crippen LogP contribution >= 0.6 is 0 Å². The monoisotopic (exact) mass is 441 g/mol.